The van der Waals surface area contributed by atoms with Gasteiger partial charge in [-0.15, -0.1) is 0 Å². The summed E-state index contributed by atoms with van der Waals surface area (Å²) in [5.74, 6) is -1.07. The van der Waals surface area contributed by atoms with Gasteiger partial charge in [-0.2, -0.15) is 0 Å². The zero-order chi connectivity index (χ0) is 11.6. The first-order chi connectivity index (χ1) is 6.93. The van der Waals surface area contributed by atoms with Gasteiger partial charge < -0.3 is 5.11 Å². The van der Waals surface area contributed by atoms with E-state index in [2.05, 4.69) is 20.9 Å². The first-order valence-corrected chi connectivity index (χ1v) is 4.86. The fraction of sp³-hybridized carbons (Fsp3) is 0.333. The van der Waals surface area contributed by atoms with Crippen LogP contribution >= 0.6 is 15.9 Å². The van der Waals surface area contributed by atoms with Gasteiger partial charge in [0.15, 0.2) is 0 Å². The summed E-state index contributed by atoms with van der Waals surface area (Å²) in [6.45, 7) is 1.46. The minimum absolute atomic E-state index is 0.0594. The lowest BCUT2D eigenvalue weighted by molar-refractivity contribution is -0.136. The van der Waals surface area contributed by atoms with E-state index >= 15 is 0 Å². The van der Waals surface area contributed by atoms with E-state index in [4.69, 9.17) is 5.11 Å². The van der Waals surface area contributed by atoms with Crippen LogP contribution in [-0.2, 0) is 11.2 Å². The van der Waals surface area contributed by atoms with Crippen LogP contribution in [0.3, 0.4) is 0 Å². The number of carbonyl (C=O) groups is 1. The van der Waals surface area contributed by atoms with E-state index in [1.807, 2.05) is 0 Å². The molecular formula is C9H8BrF2NO2. The summed E-state index contributed by atoms with van der Waals surface area (Å²) in [4.78, 5) is 14.1. The van der Waals surface area contributed by atoms with Crippen LogP contribution < -0.4 is 0 Å². The number of hydrogen-bond donors (Lipinski definition) is 1. The second-order valence-electron chi connectivity index (χ2n) is 2.98. The summed E-state index contributed by atoms with van der Waals surface area (Å²) in [5.41, 5.74) is 0.337. The van der Waals surface area contributed by atoms with Crippen molar-refractivity contribution in [1.29, 1.82) is 0 Å². The Labute approximate surface area is 93.3 Å². The lowest BCUT2D eigenvalue weighted by atomic mass is 10.0. The Morgan fingerprint density at radius 1 is 1.67 bits per heavy atom. The summed E-state index contributed by atoms with van der Waals surface area (Å²) in [6, 6.07) is 0. The van der Waals surface area contributed by atoms with Gasteiger partial charge in [0.25, 0.3) is 6.43 Å². The van der Waals surface area contributed by atoms with Crippen LogP contribution in [0.4, 0.5) is 8.78 Å². The van der Waals surface area contributed by atoms with E-state index in [1.54, 1.807) is 0 Å². The Morgan fingerprint density at radius 2 is 2.27 bits per heavy atom. The monoisotopic (exact) mass is 279 g/mol. The molecule has 0 aromatic carbocycles. The topological polar surface area (TPSA) is 50.2 Å². The van der Waals surface area contributed by atoms with E-state index in [0.717, 1.165) is 0 Å². The Morgan fingerprint density at radius 3 is 2.73 bits per heavy atom. The molecule has 0 unspecified atom stereocenters. The van der Waals surface area contributed by atoms with E-state index in [9.17, 15) is 13.6 Å². The molecule has 0 saturated heterocycles. The van der Waals surface area contributed by atoms with Crippen molar-refractivity contribution in [2.45, 2.75) is 19.8 Å². The first-order valence-electron chi connectivity index (χ1n) is 4.07. The molecule has 0 aliphatic rings. The molecule has 82 valence electrons. The van der Waals surface area contributed by atoms with Crippen LogP contribution in [0.1, 0.15) is 23.1 Å². The average molecular weight is 280 g/mol. The number of carboxylic acids is 1. The number of carboxylic acid groups (broad SMARTS) is 1. The van der Waals surface area contributed by atoms with Crippen LogP contribution in [0, 0.1) is 6.92 Å². The standard InChI is InChI=1S/C9H8BrF2NO2/c1-4-5(2-6(14)15)3-13-8(10)7(4)9(11)12/h3,9H,2H2,1H3,(H,14,15). The van der Waals surface area contributed by atoms with Crippen molar-refractivity contribution in [2.24, 2.45) is 0 Å². The van der Waals surface area contributed by atoms with Gasteiger partial charge in [-0.25, -0.2) is 13.8 Å². The van der Waals surface area contributed by atoms with Crippen molar-refractivity contribution in [1.82, 2.24) is 4.98 Å². The minimum Gasteiger partial charge on any atom is -0.481 e. The predicted molar refractivity (Wildman–Crippen MR) is 53.0 cm³/mol. The molecule has 0 fully saturated rings. The molecular weight excluding hydrogens is 272 g/mol. The average Bonchev–Trinajstić information content (AvgIpc) is 2.09. The molecule has 0 aliphatic heterocycles. The maximum Gasteiger partial charge on any atom is 0.307 e. The second kappa shape index (κ2) is 4.65. The van der Waals surface area contributed by atoms with Gasteiger partial charge in [0.2, 0.25) is 0 Å². The fourth-order valence-corrected chi connectivity index (χ4v) is 1.80. The molecule has 1 rings (SSSR count). The zero-order valence-electron chi connectivity index (χ0n) is 7.80. The van der Waals surface area contributed by atoms with Crippen LogP contribution in [0.2, 0.25) is 0 Å². The lowest BCUT2D eigenvalue weighted by Gasteiger charge is -2.10. The van der Waals surface area contributed by atoms with E-state index in [1.165, 1.54) is 13.1 Å². The SMILES string of the molecule is Cc1c(CC(=O)O)cnc(Br)c1C(F)F. The number of aliphatic carboxylic acids is 1. The van der Waals surface area contributed by atoms with Crippen molar-refractivity contribution in [3.63, 3.8) is 0 Å². The molecule has 0 amide bonds. The normalized spacial score (nSPS) is 10.7. The molecule has 1 aromatic rings. The molecule has 0 bridgehead atoms. The van der Waals surface area contributed by atoms with Gasteiger partial charge in [0.05, 0.1) is 12.0 Å². The summed E-state index contributed by atoms with van der Waals surface area (Å²) in [5, 5.41) is 8.56. The number of nitrogens with zero attached hydrogens (tertiary/aromatic N) is 1. The highest BCUT2D eigenvalue weighted by Crippen LogP contribution is 2.30. The van der Waals surface area contributed by atoms with Gasteiger partial charge in [-0.05, 0) is 34.0 Å². The smallest absolute Gasteiger partial charge is 0.307 e. The molecule has 1 heterocycles. The van der Waals surface area contributed by atoms with Crippen LogP contribution in [0.5, 0.6) is 0 Å². The Bertz CT molecular complexity index is 396. The van der Waals surface area contributed by atoms with Crippen LogP contribution in [0.15, 0.2) is 10.8 Å². The van der Waals surface area contributed by atoms with Gasteiger partial charge in [-0.3, -0.25) is 4.79 Å². The lowest BCUT2D eigenvalue weighted by Crippen LogP contribution is -2.06. The number of alkyl halides is 2. The molecule has 6 heteroatoms. The molecule has 3 nitrogen and oxygen atoms in total. The molecule has 0 atom stereocenters. The molecule has 0 radical (unpaired) electrons. The number of pyridine rings is 1. The molecule has 0 spiro atoms. The van der Waals surface area contributed by atoms with Gasteiger partial charge in [0.1, 0.15) is 4.60 Å². The minimum atomic E-state index is -2.67. The van der Waals surface area contributed by atoms with Crippen molar-refractivity contribution in [2.75, 3.05) is 0 Å². The number of aromatic nitrogens is 1. The second-order valence-corrected chi connectivity index (χ2v) is 3.74. The summed E-state index contributed by atoms with van der Waals surface area (Å²) in [7, 11) is 0. The van der Waals surface area contributed by atoms with Crippen molar-refractivity contribution in [3.8, 4) is 0 Å². The Hall–Kier alpha value is -1.04. The van der Waals surface area contributed by atoms with Crippen LogP contribution in [-0.4, -0.2) is 16.1 Å². The largest absolute Gasteiger partial charge is 0.481 e. The summed E-state index contributed by atoms with van der Waals surface area (Å²) < 4.78 is 25.2. The Balaban J connectivity index is 3.22. The van der Waals surface area contributed by atoms with E-state index < -0.39 is 12.4 Å². The quantitative estimate of drug-likeness (QED) is 0.866. The third-order valence-electron chi connectivity index (χ3n) is 2.00. The highest BCUT2D eigenvalue weighted by Gasteiger charge is 2.19. The van der Waals surface area contributed by atoms with Gasteiger partial charge in [-0.1, -0.05) is 0 Å². The van der Waals surface area contributed by atoms with E-state index in [0.29, 0.717) is 5.56 Å². The fourth-order valence-electron chi connectivity index (χ4n) is 1.22. The summed E-state index contributed by atoms with van der Waals surface area (Å²) >= 11 is 2.91. The van der Waals surface area contributed by atoms with Crippen molar-refractivity contribution in [3.05, 3.63) is 27.5 Å². The van der Waals surface area contributed by atoms with E-state index in [-0.39, 0.29) is 22.2 Å². The molecule has 1 aromatic heterocycles. The van der Waals surface area contributed by atoms with Crippen LogP contribution in [0.25, 0.3) is 0 Å². The number of rotatable bonds is 3. The number of halogens is 3. The number of hydrogen-bond acceptors (Lipinski definition) is 2. The molecule has 0 saturated carbocycles. The highest BCUT2D eigenvalue weighted by molar-refractivity contribution is 9.10. The molecule has 15 heavy (non-hydrogen) atoms. The van der Waals surface area contributed by atoms with Gasteiger partial charge >= 0.3 is 5.97 Å². The third kappa shape index (κ3) is 2.71. The maximum atomic E-state index is 12.6. The third-order valence-corrected chi connectivity index (χ3v) is 2.63. The predicted octanol–water partition coefficient (Wildman–Crippen LogP) is 2.72. The van der Waals surface area contributed by atoms with Gasteiger partial charge in [0, 0.05) is 6.20 Å². The molecule has 0 aliphatic carbocycles. The first kappa shape index (κ1) is 12.0. The maximum absolute atomic E-state index is 12.6. The zero-order valence-corrected chi connectivity index (χ0v) is 9.38. The Kier molecular flexibility index (Phi) is 3.73. The van der Waals surface area contributed by atoms with Crippen molar-refractivity contribution < 1.29 is 18.7 Å². The van der Waals surface area contributed by atoms with Crippen molar-refractivity contribution >= 4 is 21.9 Å². The molecule has 1 N–H and O–H groups in total. The summed E-state index contributed by atoms with van der Waals surface area (Å²) in [6.07, 6.45) is -1.67. The highest BCUT2D eigenvalue weighted by atomic mass is 79.9.